The first-order valence-electron chi connectivity index (χ1n) is 9.49. The molecule has 0 heterocycles. The van der Waals surface area contributed by atoms with Crippen molar-refractivity contribution >= 4 is 68.5 Å². The molecule has 0 saturated heterocycles. The van der Waals surface area contributed by atoms with Gasteiger partial charge in [0, 0.05) is 11.3 Å². The molecule has 0 aromatic heterocycles. The molecule has 0 bridgehead atoms. The number of nitrogens with zero attached hydrogens (tertiary/aromatic N) is 4. The summed E-state index contributed by atoms with van der Waals surface area (Å²) in [4.78, 5) is 10.8. The molecule has 0 radical (unpaired) electrons. The Bertz CT molecular complexity index is 1690. The maximum Gasteiger partial charge on any atom is 0.279 e. The van der Waals surface area contributed by atoms with Crippen molar-refractivity contribution in [2.45, 2.75) is 0 Å². The number of benzene rings is 3. The molecule has 0 atom stereocenters. The highest BCUT2D eigenvalue weighted by Crippen LogP contribution is 2.09. The minimum absolute atomic E-state index is 0.0596. The minimum Gasteiger partial charge on any atom is -0.763 e. The number of non-ortho nitro benzene ring substituents is 1. The molecule has 34 heavy (non-hydrogen) atoms. The van der Waals surface area contributed by atoms with E-state index in [0.717, 1.165) is 0 Å². The van der Waals surface area contributed by atoms with Crippen LogP contribution in [0.15, 0.2) is 60.7 Å². The summed E-state index contributed by atoms with van der Waals surface area (Å²) < 4.78 is 0. The first-order chi connectivity index (χ1) is 16.2. The van der Waals surface area contributed by atoms with Gasteiger partial charge in [-0.3, -0.25) is 32.3 Å². The van der Waals surface area contributed by atoms with Crippen LogP contribution in [0.4, 0.5) is 11.4 Å². The summed E-state index contributed by atoms with van der Waals surface area (Å²) in [5.74, 6) is 3.77. The van der Waals surface area contributed by atoms with Gasteiger partial charge in [0.15, 0.2) is 0 Å². The summed E-state index contributed by atoms with van der Waals surface area (Å²) in [6.07, 6.45) is 3.15. The number of nitro benzene ring substituents is 1. The highest BCUT2D eigenvalue weighted by atomic mass is 35.5. The first kappa shape index (κ1) is 24.6. The summed E-state index contributed by atoms with van der Waals surface area (Å²) in [5, 5.41) is 50.6. The average molecular weight is 493 g/mol. The molecule has 0 saturated carbocycles. The molecule has 0 aliphatic rings. The van der Waals surface area contributed by atoms with E-state index in [4.69, 9.17) is 34.0 Å². The zero-order valence-electron chi connectivity index (χ0n) is 17.2. The van der Waals surface area contributed by atoms with E-state index in [1.807, 2.05) is 11.7 Å². The van der Waals surface area contributed by atoms with Crippen molar-refractivity contribution in [2.24, 2.45) is 0 Å². The van der Waals surface area contributed by atoms with E-state index in [9.17, 15) is 20.5 Å². The lowest BCUT2D eigenvalue weighted by Gasteiger charge is -2.09. The van der Waals surface area contributed by atoms with Crippen LogP contribution in [-0.2, 0) is 0 Å². The Morgan fingerprint density at radius 1 is 0.853 bits per heavy atom. The summed E-state index contributed by atoms with van der Waals surface area (Å²) in [6, 6.07) is 15.2. The SMILES string of the molecule is [N-]=C=c1ccc(=C(Cl)C=c2ccc(=CC(Cl)=c3ccc(=C=[N-])cc3[N+](=O)[O-])cc2)c(N(O)O)c1. The van der Waals surface area contributed by atoms with E-state index in [0.29, 0.717) is 15.7 Å². The van der Waals surface area contributed by atoms with Crippen LogP contribution in [0.3, 0.4) is 0 Å². The topological polar surface area (TPSA) is 131 Å². The molecular weight excluding hydrogens is 479 g/mol. The van der Waals surface area contributed by atoms with Crippen molar-refractivity contribution in [1.82, 2.24) is 0 Å². The highest BCUT2D eigenvalue weighted by molar-refractivity contribution is 6.51. The molecular formula is C24H14Cl2N4O4-2. The molecule has 0 aliphatic carbocycles. The van der Waals surface area contributed by atoms with Gasteiger partial charge in [-0.2, -0.15) is 0 Å². The van der Waals surface area contributed by atoms with Crippen LogP contribution in [0.5, 0.6) is 0 Å². The zero-order chi connectivity index (χ0) is 24.8. The second-order valence-electron chi connectivity index (χ2n) is 6.89. The minimum atomic E-state index is -0.598. The Balaban J connectivity index is 2.11. The number of halogens is 2. The van der Waals surface area contributed by atoms with Crippen molar-refractivity contribution in [3.63, 3.8) is 0 Å². The van der Waals surface area contributed by atoms with E-state index in [1.165, 1.54) is 36.4 Å². The van der Waals surface area contributed by atoms with Crippen LogP contribution in [-0.4, -0.2) is 27.1 Å². The third kappa shape index (κ3) is 5.67. The largest absolute Gasteiger partial charge is 0.763 e. The number of nitro groups is 1. The molecule has 0 amide bonds. The van der Waals surface area contributed by atoms with Gasteiger partial charge in [0.1, 0.15) is 5.69 Å². The van der Waals surface area contributed by atoms with E-state index in [-0.39, 0.29) is 42.3 Å². The van der Waals surface area contributed by atoms with E-state index in [2.05, 4.69) is 0 Å². The van der Waals surface area contributed by atoms with Gasteiger partial charge in [0.05, 0.1) is 20.2 Å². The quantitative estimate of drug-likeness (QED) is 0.313. The van der Waals surface area contributed by atoms with Crippen molar-refractivity contribution in [3.05, 3.63) is 113 Å². The number of hydrogen-bond acceptors (Lipinski definition) is 5. The molecule has 0 spiro atoms. The van der Waals surface area contributed by atoms with Crippen LogP contribution >= 0.6 is 23.2 Å². The fourth-order valence-corrected chi connectivity index (χ4v) is 3.63. The van der Waals surface area contributed by atoms with Gasteiger partial charge in [-0.25, -0.2) is 0 Å². The lowest BCUT2D eigenvalue weighted by Crippen LogP contribution is -2.24. The molecule has 8 nitrogen and oxygen atoms in total. The third-order valence-electron chi connectivity index (χ3n) is 4.70. The van der Waals surface area contributed by atoms with Gasteiger partial charge < -0.3 is 10.8 Å². The summed E-state index contributed by atoms with van der Waals surface area (Å²) >= 11 is 12.7. The molecule has 3 aromatic carbocycles. The summed E-state index contributed by atoms with van der Waals surface area (Å²) in [7, 11) is 0. The number of rotatable bonds is 4. The fourth-order valence-electron chi connectivity index (χ4n) is 3.06. The molecule has 3 aromatic rings. The normalized spacial score (nSPS) is 12.1. The number of anilines is 1. The molecule has 0 fully saturated rings. The van der Waals surface area contributed by atoms with E-state index >= 15 is 0 Å². The monoisotopic (exact) mass is 492 g/mol. The fraction of sp³-hybridized carbons (Fsp3) is 0. The molecule has 170 valence electrons. The molecule has 3 rings (SSSR count). The molecule has 0 aliphatic heterocycles. The van der Waals surface area contributed by atoms with Crippen molar-refractivity contribution < 1.29 is 15.3 Å². The second kappa shape index (κ2) is 10.7. The Morgan fingerprint density at radius 3 is 1.79 bits per heavy atom. The van der Waals surface area contributed by atoms with Gasteiger partial charge in [0.2, 0.25) is 0 Å². The Hall–Kier alpha value is -4.00. The van der Waals surface area contributed by atoms with Crippen molar-refractivity contribution in [2.75, 3.05) is 5.23 Å². The van der Waals surface area contributed by atoms with Gasteiger partial charge in [-0.1, -0.05) is 53.5 Å². The first-order valence-corrected chi connectivity index (χ1v) is 10.2. The van der Waals surface area contributed by atoms with Crippen LogP contribution in [0.25, 0.3) is 33.0 Å². The third-order valence-corrected chi connectivity index (χ3v) is 5.33. The summed E-state index contributed by atoms with van der Waals surface area (Å²) in [5.41, 5.74) is -0.331. The van der Waals surface area contributed by atoms with Gasteiger partial charge in [-0.05, 0) is 57.3 Å². The van der Waals surface area contributed by atoms with Crippen molar-refractivity contribution in [1.29, 1.82) is 0 Å². The maximum absolute atomic E-state index is 11.4. The van der Waals surface area contributed by atoms with Gasteiger partial charge in [0.25, 0.3) is 5.69 Å². The lowest BCUT2D eigenvalue weighted by molar-refractivity contribution is -0.385. The Morgan fingerprint density at radius 2 is 1.32 bits per heavy atom. The lowest BCUT2D eigenvalue weighted by atomic mass is 10.1. The zero-order valence-corrected chi connectivity index (χ0v) is 18.7. The predicted molar refractivity (Wildman–Crippen MR) is 132 cm³/mol. The summed E-state index contributed by atoms with van der Waals surface area (Å²) in [6.45, 7) is 0. The van der Waals surface area contributed by atoms with Crippen molar-refractivity contribution in [3.8, 4) is 0 Å². The Kier molecular flexibility index (Phi) is 7.79. The van der Waals surface area contributed by atoms with Crippen LogP contribution in [0.1, 0.15) is 0 Å². The van der Waals surface area contributed by atoms with Gasteiger partial charge >= 0.3 is 0 Å². The average Bonchev–Trinajstić information content (AvgIpc) is 2.84. The van der Waals surface area contributed by atoms with Crippen LogP contribution < -0.4 is 36.5 Å². The van der Waals surface area contributed by atoms with Crippen LogP contribution in [0.2, 0.25) is 0 Å². The molecule has 10 heteroatoms. The second-order valence-corrected chi connectivity index (χ2v) is 7.70. The predicted octanol–water partition coefficient (Wildman–Crippen LogP) is 0.656. The Labute approximate surface area is 201 Å². The maximum atomic E-state index is 11.4. The van der Waals surface area contributed by atoms with Gasteiger partial charge in [-0.15, -0.1) is 5.23 Å². The molecule has 2 N–H and O–H groups in total. The number of hydrogen-bond donors (Lipinski definition) is 2. The smallest absolute Gasteiger partial charge is 0.279 e. The standard InChI is InChI=1S/C24H14Cl2N4O4/c25-21(19-7-5-17(13-27)11-23(19)29(31)32)9-15-1-2-16(4-3-15)10-22(26)20-8-6-18(14-28)12-24(20)30(33)34/h1-12,31-32H/q-2. The highest BCUT2D eigenvalue weighted by Gasteiger charge is 2.09. The van der Waals surface area contributed by atoms with E-state index in [1.54, 1.807) is 36.4 Å². The van der Waals surface area contributed by atoms with E-state index < -0.39 is 4.92 Å². The van der Waals surface area contributed by atoms with Crippen LogP contribution in [0, 0.1) is 10.1 Å². The molecule has 0 unspecified atom stereocenters.